The molecule has 8 heteroatoms. The van der Waals surface area contributed by atoms with E-state index in [4.69, 9.17) is 18.7 Å². The largest absolute Gasteiger partial charge is 0.493 e. The number of hydrogen-bond donors (Lipinski definition) is 0. The lowest BCUT2D eigenvalue weighted by atomic mass is 10.1. The molecule has 0 radical (unpaired) electrons. The molecule has 1 aromatic heterocycles. The average Bonchev–Trinajstić information content (AvgIpc) is 3.12. The number of aryl methyl sites for hydroxylation is 1. The summed E-state index contributed by atoms with van der Waals surface area (Å²) in [5, 5.41) is 4.03. The van der Waals surface area contributed by atoms with E-state index >= 15 is 0 Å². The molecule has 1 saturated heterocycles. The van der Waals surface area contributed by atoms with Crippen molar-refractivity contribution < 1.29 is 23.5 Å². The van der Waals surface area contributed by atoms with Crippen molar-refractivity contribution in [3.63, 3.8) is 0 Å². The molecule has 26 heavy (non-hydrogen) atoms. The van der Waals surface area contributed by atoms with Gasteiger partial charge in [-0.2, -0.15) is 0 Å². The molecule has 1 amide bonds. The van der Waals surface area contributed by atoms with E-state index < -0.39 is 0 Å². The van der Waals surface area contributed by atoms with Crippen molar-refractivity contribution >= 4 is 11.7 Å². The predicted octanol–water partition coefficient (Wildman–Crippen LogP) is 1.97. The Labute approximate surface area is 152 Å². The van der Waals surface area contributed by atoms with Crippen LogP contribution in [0.1, 0.15) is 16.1 Å². The highest BCUT2D eigenvalue weighted by Crippen LogP contribution is 2.38. The van der Waals surface area contributed by atoms with Gasteiger partial charge in [0.2, 0.25) is 5.75 Å². The van der Waals surface area contributed by atoms with E-state index in [0.29, 0.717) is 49.0 Å². The van der Waals surface area contributed by atoms with E-state index in [-0.39, 0.29) is 5.91 Å². The number of nitrogens with zero attached hydrogens (tertiary/aromatic N) is 3. The first kappa shape index (κ1) is 17.9. The van der Waals surface area contributed by atoms with Crippen molar-refractivity contribution in [3.05, 3.63) is 29.5 Å². The number of methoxy groups -OCH3 is 3. The maximum absolute atomic E-state index is 12.9. The molecule has 1 fully saturated rings. The maximum atomic E-state index is 12.9. The third-order valence-corrected chi connectivity index (χ3v) is 4.42. The number of piperazine rings is 1. The first-order chi connectivity index (χ1) is 12.6. The summed E-state index contributed by atoms with van der Waals surface area (Å²) in [6.07, 6.45) is 0. The molecule has 1 aromatic carbocycles. The quantitative estimate of drug-likeness (QED) is 0.806. The van der Waals surface area contributed by atoms with Crippen LogP contribution in [0.15, 0.2) is 22.7 Å². The number of aromatic nitrogens is 1. The molecule has 0 unspecified atom stereocenters. The van der Waals surface area contributed by atoms with Crippen LogP contribution in [0.5, 0.6) is 17.2 Å². The Balaban J connectivity index is 1.74. The number of ether oxygens (including phenoxy) is 3. The van der Waals surface area contributed by atoms with E-state index in [2.05, 4.69) is 10.1 Å². The van der Waals surface area contributed by atoms with E-state index in [1.165, 1.54) is 21.3 Å². The van der Waals surface area contributed by atoms with E-state index in [9.17, 15) is 4.79 Å². The minimum absolute atomic E-state index is 0.0692. The van der Waals surface area contributed by atoms with E-state index in [0.717, 1.165) is 11.6 Å². The van der Waals surface area contributed by atoms with E-state index in [1.807, 2.05) is 17.9 Å². The molecular weight excluding hydrogens is 338 g/mol. The molecule has 0 spiro atoms. The lowest BCUT2D eigenvalue weighted by Gasteiger charge is -2.34. The second-order valence-electron chi connectivity index (χ2n) is 5.99. The third kappa shape index (κ3) is 3.40. The zero-order valence-electron chi connectivity index (χ0n) is 15.4. The van der Waals surface area contributed by atoms with Crippen molar-refractivity contribution in [1.82, 2.24) is 10.1 Å². The SMILES string of the molecule is COc1cc(C(=O)N2CCN(c3cc(C)on3)CC2)cc(OC)c1OC. The Morgan fingerprint density at radius 3 is 2.08 bits per heavy atom. The molecular formula is C18H23N3O5. The van der Waals surface area contributed by atoms with Gasteiger partial charge in [0.05, 0.1) is 21.3 Å². The van der Waals surface area contributed by atoms with Gasteiger partial charge in [-0.3, -0.25) is 4.79 Å². The van der Waals surface area contributed by atoms with Gasteiger partial charge < -0.3 is 28.5 Å². The maximum Gasteiger partial charge on any atom is 0.254 e. The number of carbonyl (C=O) groups is 1. The van der Waals surface area contributed by atoms with Gasteiger partial charge in [-0.05, 0) is 19.1 Å². The molecule has 0 saturated carbocycles. The van der Waals surface area contributed by atoms with Crippen LogP contribution in [0.25, 0.3) is 0 Å². The van der Waals surface area contributed by atoms with E-state index in [1.54, 1.807) is 12.1 Å². The van der Waals surface area contributed by atoms with Gasteiger partial charge in [-0.25, -0.2) is 0 Å². The standard InChI is InChI=1S/C18H23N3O5/c1-12-9-16(19-26-12)20-5-7-21(8-6-20)18(22)13-10-14(23-2)17(25-4)15(11-13)24-3/h9-11H,5-8H2,1-4H3. The van der Waals surface area contributed by atoms with Crippen molar-refractivity contribution in [2.75, 3.05) is 52.4 Å². The Morgan fingerprint density at radius 1 is 1.00 bits per heavy atom. The fourth-order valence-electron chi connectivity index (χ4n) is 3.03. The molecule has 8 nitrogen and oxygen atoms in total. The predicted molar refractivity (Wildman–Crippen MR) is 95.5 cm³/mol. The zero-order valence-corrected chi connectivity index (χ0v) is 15.4. The summed E-state index contributed by atoms with van der Waals surface area (Å²) >= 11 is 0. The fourth-order valence-corrected chi connectivity index (χ4v) is 3.03. The Morgan fingerprint density at radius 2 is 1.62 bits per heavy atom. The van der Waals surface area contributed by atoms with Crippen LogP contribution in [-0.4, -0.2) is 63.5 Å². The highest BCUT2D eigenvalue weighted by atomic mass is 16.5. The van der Waals surface area contributed by atoms with Crippen LogP contribution in [-0.2, 0) is 0 Å². The highest BCUT2D eigenvalue weighted by molar-refractivity contribution is 5.95. The van der Waals surface area contributed by atoms with Gasteiger partial charge in [0.15, 0.2) is 17.3 Å². The molecule has 0 bridgehead atoms. The summed E-state index contributed by atoms with van der Waals surface area (Å²) in [6.45, 7) is 4.45. The second kappa shape index (κ2) is 7.55. The van der Waals surface area contributed by atoms with Crippen molar-refractivity contribution in [3.8, 4) is 17.2 Å². The van der Waals surface area contributed by atoms with Gasteiger partial charge in [0.1, 0.15) is 5.76 Å². The minimum Gasteiger partial charge on any atom is -0.493 e. The molecule has 0 N–H and O–H groups in total. The summed E-state index contributed by atoms with van der Waals surface area (Å²) in [5.74, 6) is 2.91. The lowest BCUT2D eigenvalue weighted by Crippen LogP contribution is -2.48. The third-order valence-electron chi connectivity index (χ3n) is 4.42. The molecule has 1 aliphatic heterocycles. The van der Waals surface area contributed by atoms with Gasteiger partial charge in [0, 0.05) is 37.8 Å². The average molecular weight is 361 g/mol. The number of amides is 1. The van der Waals surface area contributed by atoms with Gasteiger partial charge in [0.25, 0.3) is 5.91 Å². The summed E-state index contributed by atoms with van der Waals surface area (Å²) in [6, 6.07) is 5.25. The molecule has 140 valence electrons. The summed E-state index contributed by atoms with van der Waals surface area (Å²) in [7, 11) is 4.60. The first-order valence-electron chi connectivity index (χ1n) is 8.35. The number of rotatable bonds is 5. The summed E-state index contributed by atoms with van der Waals surface area (Å²) < 4.78 is 21.1. The van der Waals surface area contributed by atoms with Crippen LogP contribution in [0, 0.1) is 6.92 Å². The van der Waals surface area contributed by atoms with Crippen LogP contribution < -0.4 is 19.1 Å². The highest BCUT2D eigenvalue weighted by Gasteiger charge is 2.25. The van der Waals surface area contributed by atoms with Crippen LogP contribution >= 0.6 is 0 Å². The monoisotopic (exact) mass is 361 g/mol. The topological polar surface area (TPSA) is 77.3 Å². The second-order valence-corrected chi connectivity index (χ2v) is 5.99. The number of carbonyl (C=O) groups excluding carboxylic acids is 1. The zero-order chi connectivity index (χ0) is 18.7. The van der Waals surface area contributed by atoms with Crippen LogP contribution in [0.4, 0.5) is 5.82 Å². The van der Waals surface area contributed by atoms with Crippen molar-refractivity contribution in [2.24, 2.45) is 0 Å². The molecule has 0 atom stereocenters. The van der Waals surface area contributed by atoms with Crippen LogP contribution in [0.2, 0.25) is 0 Å². The van der Waals surface area contributed by atoms with Gasteiger partial charge in [-0.1, -0.05) is 5.16 Å². The number of benzene rings is 1. The minimum atomic E-state index is -0.0692. The normalized spacial score (nSPS) is 14.3. The summed E-state index contributed by atoms with van der Waals surface area (Å²) in [4.78, 5) is 16.8. The lowest BCUT2D eigenvalue weighted by molar-refractivity contribution is 0.0745. The van der Waals surface area contributed by atoms with Gasteiger partial charge in [-0.15, -0.1) is 0 Å². The summed E-state index contributed by atoms with van der Waals surface area (Å²) in [5.41, 5.74) is 0.505. The number of anilines is 1. The molecule has 0 aliphatic carbocycles. The fraction of sp³-hybridized carbons (Fsp3) is 0.444. The smallest absolute Gasteiger partial charge is 0.254 e. The molecule has 3 rings (SSSR count). The van der Waals surface area contributed by atoms with Crippen LogP contribution in [0.3, 0.4) is 0 Å². The Kier molecular flexibility index (Phi) is 5.20. The Bertz CT molecular complexity index is 756. The van der Waals surface area contributed by atoms with Crippen molar-refractivity contribution in [1.29, 1.82) is 0 Å². The molecule has 2 aromatic rings. The Hall–Kier alpha value is -2.90. The van der Waals surface area contributed by atoms with Crippen molar-refractivity contribution in [2.45, 2.75) is 6.92 Å². The molecule has 1 aliphatic rings. The molecule has 2 heterocycles. The number of hydrogen-bond acceptors (Lipinski definition) is 7. The first-order valence-corrected chi connectivity index (χ1v) is 8.35. The van der Waals surface area contributed by atoms with Gasteiger partial charge >= 0.3 is 0 Å².